The zero-order valence-corrected chi connectivity index (χ0v) is 18.8. The Bertz CT molecular complexity index is 901. The first-order valence-corrected chi connectivity index (χ1v) is 9.78. The zero-order valence-electron chi connectivity index (χ0n) is 15.6. The van der Waals surface area contributed by atoms with Crippen LogP contribution in [-0.4, -0.2) is 47.0 Å². The van der Waals surface area contributed by atoms with Crippen LogP contribution in [0.2, 0.25) is 0 Å². The molecule has 1 aliphatic rings. The smallest absolute Gasteiger partial charge is 0.226 e. The molecule has 9 heteroatoms. The quantitative estimate of drug-likeness (QED) is 0.329. The van der Waals surface area contributed by atoms with E-state index < -0.39 is 0 Å². The van der Waals surface area contributed by atoms with Crippen LogP contribution in [-0.2, 0) is 6.54 Å². The molecule has 4 rings (SSSR count). The molecule has 2 N–H and O–H groups in total. The molecule has 0 unspecified atom stereocenters. The van der Waals surface area contributed by atoms with Crippen LogP contribution >= 0.6 is 35.3 Å². The van der Waals surface area contributed by atoms with Crippen LogP contribution in [0.3, 0.4) is 0 Å². The average molecular weight is 510 g/mol. The molecule has 1 saturated heterocycles. The number of benzene rings is 1. The van der Waals surface area contributed by atoms with Crippen LogP contribution < -0.4 is 10.6 Å². The van der Waals surface area contributed by atoms with Crippen molar-refractivity contribution in [2.45, 2.75) is 13.5 Å². The van der Waals surface area contributed by atoms with Crippen molar-refractivity contribution in [1.29, 1.82) is 0 Å². The van der Waals surface area contributed by atoms with Crippen LogP contribution in [0.15, 0.2) is 51.5 Å². The molecule has 1 aromatic carbocycles. The molecule has 0 spiro atoms. The number of aryl methyl sites for hydroxylation is 1. The maximum atomic E-state index is 6.18. The summed E-state index contributed by atoms with van der Waals surface area (Å²) in [6.07, 6.45) is 3.48. The number of anilines is 1. The molecule has 7 nitrogen and oxygen atoms in total. The Labute approximate surface area is 185 Å². The lowest BCUT2D eigenvalue weighted by molar-refractivity contribution is 0.380. The summed E-state index contributed by atoms with van der Waals surface area (Å²) in [5.41, 5.74) is 9.12. The van der Waals surface area contributed by atoms with Gasteiger partial charge < -0.3 is 20.0 Å². The highest BCUT2D eigenvalue weighted by atomic mass is 127. The maximum Gasteiger partial charge on any atom is 0.226 e. The lowest BCUT2D eigenvalue weighted by Crippen LogP contribution is -2.51. The van der Waals surface area contributed by atoms with Gasteiger partial charge in [0, 0.05) is 43.3 Å². The molecule has 0 atom stereocenters. The van der Waals surface area contributed by atoms with Gasteiger partial charge in [-0.15, -0.1) is 35.3 Å². The molecule has 3 aromatic rings. The van der Waals surface area contributed by atoms with Gasteiger partial charge in [-0.3, -0.25) is 0 Å². The second-order valence-electron chi connectivity index (χ2n) is 6.47. The number of nitrogens with zero attached hydrogens (tertiary/aromatic N) is 5. The summed E-state index contributed by atoms with van der Waals surface area (Å²) < 4.78 is 5.58. The van der Waals surface area contributed by atoms with Crippen molar-refractivity contribution in [3.8, 4) is 11.5 Å². The van der Waals surface area contributed by atoms with Crippen LogP contribution in [0, 0.1) is 6.92 Å². The van der Waals surface area contributed by atoms with Crippen molar-refractivity contribution in [3.05, 3.63) is 53.4 Å². The van der Waals surface area contributed by atoms with Crippen LogP contribution in [0.4, 0.5) is 5.13 Å². The average Bonchev–Trinajstić information content (AvgIpc) is 3.39. The Morgan fingerprint density at radius 2 is 1.96 bits per heavy atom. The van der Waals surface area contributed by atoms with Gasteiger partial charge in [-0.1, -0.05) is 17.7 Å². The Hall–Kier alpha value is -2.14. The van der Waals surface area contributed by atoms with E-state index in [4.69, 9.17) is 10.2 Å². The molecule has 0 bridgehead atoms. The van der Waals surface area contributed by atoms with Crippen molar-refractivity contribution in [1.82, 2.24) is 14.9 Å². The predicted molar refractivity (Wildman–Crippen MR) is 123 cm³/mol. The third-order valence-corrected chi connectivity index (χ3v) is 5.38. The number of thiazole rings is 1. The van der Waals surface area contributed by atoms with Crippen molar-refractivity contribution >= 4 is 46.4 Å². The summed E-state index contributed by atoms with van der Waals surface area (Å²) in [4.78, 5) is 17.7. The minimum Gasteiger partial charge on any atom is -0.444 e. The predicted octanol–water partition coefficient (Wildman–Crippen LogP) is 3.36. The topological polar surface area (TPSA) is 83.8 Å². The third-order valence-electron chi connectivity index (χ3n) is 4.55. The number of aliphatic imine (C=N–C) groups is 1. The van der Waals surface area contributed by atoms with E-state index in [0.717, 1.165) is 42.6 Å². The number of hydrogen-bond donors (Lipinski definition) is 1. The summed E-state index contributed by atoms with van der Waals surface area (Å²) in [6, 6.07) is 8.09. The highest BCUT2D eigenvalue weighted by Crippen LogP contribution is 2.20. The van der Waals surface area contributed by atoms with Gasteiger partial charge in [0.25, 0.3) is 0 Å². The fraction of sp³-hybridized carbons (Fsp3) is 0.316. The van der Waals surface area contributed by atoms with E-state index in [0.29, 0.717) is 18.4 Å². The van der Waals surface area contributed by atoms with E-state index in [1.54, 1.807) is 17.6 Å². The molecule has 148 valence electrons. The molecule has 28 heavy (non-hydrogen) atoms. The third kappa shape index (κ3) is 4.82. The molecule has 0 saturated carbocycles. The van der Waals surface area contributed by atoms with Gasteiger partial charge in [0.05, 0.1) is 6.54 Å². The Balaban J connectivity index is 0.00000225. The first-order valence-electron chi connectivity index (χ1n) is 8.90. The fourth-order valence-electron chi connectivity index (χ4n) is 2.97. The summed E-state index contributed by atoms with van der Waals surface area (Å²) in [7, 11) is 0. The first kappa shape index (κ1) is 20.6. The highest BCUT2D eigenvalue weighted by molar-refractivity contribution is 14.0. The SMILES string of the molecule is Cc1ccc(-c2nc(CN=C(N)N3CCN(c4nccs4)CC3)co2)cc1.I. The Morgan fingerprint density at radius 3 is 2.64 bits per heavy atom. The Morgan fingerprint density at radius 1 is 1.21 bits per heavy atom. The highest BCUT2D eigenvalue weighted by Gasteiger charge is 2.19. The first-order chi connectivity index (χ1) is 13.2. The molecule has 0 aliphatic carbocycles. The molecule has 1 aliphatic heterocycles. The van der Waals surface area contributed by atoms with Gasteiger partial charge >= 0.3 is 0 Å². The summed E-state index contributed by atoms with van der Waals surface area (Å²) in [5.74, 6) is 1.16. The summed E-state index contributed by atoms with van der Waals surface area (Å²) in [5, 5.41) is 3.07. The number of rotatable bonds is 4. The molecular weight excluding hydrogens is 487 g/mol. The summed E-state index contributed by atoms with van der Waals surface area (Å²) >= 11 is 1.66. The van der Waals surface area contributed by atoms with Gasteiger partial charge in [0.1, 0.15) is 12.0 Å². The molecule has 1 fully saturated rings. The van der Waals surface area contributed by atoms with E-state index >= 15 is 0 Å². The normalized spacial score (nSPS) is 14.8. The zero-order chi connectivity index (χ0) is 18.6. The molecule has 0 radical (unpaired) electrons. The number of hydrogen-bond acceptors (Lipinski definition) is 6. The number of nitrogens with two attached hydrogens (primary N) is 1. The number of guanidine groups is 1. The van der Waals surface area contributed by atoms with Crippen LogP contribution in [0.25, 0.3) is 11.5 Å². The second kappa shape index (κ2) is 9.37. The largest absolute Gasteiger partial charge is 0.444 e. The number of halogens is 1. The molecule has 2 aromatic heterocycles. The van der Waals surface area contributed by atoms with Gasteiger partial charge in [-0.2, -0.15) is 0 Å². The summed E-state index contributed by atoms with van der Waals surface area (Å²) in [6.45, 7) is 5.92. The molecule has 0 amide bonds. The van der Waals surface area contributed by atoms with E-state index in [9.17, 15) is 0 Å². The number of aromatic nitrogens is 2. The van der Waals surface area contributed by atoms with E-state index in [1.807, 2.05) is 35.8 Å². The maximum absolute atomic E-state index is 6.18. The number of piperazine rings is 1. The fourth-order valence-corrected chi connectivity index (χ4v) is 3.67. The van der Waals surface area contributed by atoms with Crippen molar-refractivity contribution in [2.75, 3.05) is 31.1 Å². The van der Waals surface area contributed by atoms with Crippen LogP contribution in [0.1, 0.15) is 11.3 Å². The molecule has 3 heterocycles. The Kier molecular flexibility index (Phi) is 6.89. The van der Waals surface area contributed by atoms with Gasteiger partial charge in [-0.25, -0.2) is 15.0 Å². The lowest BCUT2D eigenvalue weighted by atomic mass is 10.1. The van der Waals surface area contributed by atoms with E-state index in [1.165, 1.54) is 5.56 Å². The second-order valence-corrected chi connectivity index (χ2v) is 7.35. The standard InChI is InChI=1S/C19H22N6OS.HI/c1-14-2-4-15(5-3-14)17-23-16(13-26-17)12-22-18(20)24-7-9-25(10-8-24)19-21-6-11-27-19;/h2-6,11,13H,7-10,12H2,1H3,(H2,20,22);1H. The monoisotopic (exact) mass is 510 g/mol. The minimum atomic E-state index is 0. The molecular formula is C19H23IN6OS. The van der Waals surface area contributed by atoms with E-state index in [2.05, 4.69) is 31.7 Å². The minimum absolute atomic E-state index is 0. The van der Waals surface area contributed by atoms with Crippen molar-refractivity contribution in [3.63, 3.8) is 0 Å². The van der Waals surface area contributed by atoms with Gasteiger partial charge in [0.2, 0.25) is 5.89 Å². The van der Waals surface area contributed by atoms with E-state index in [-0.39, 0.29) is 24.0 Å². The van der Waals surface area contributed by atoms with Crippen molar-refractivity contribution in [2.24, 2.45) is 10.7 Å². The van der Waals surface area contributed by atoms with Crippen molar-refractivity contribution < 1.29 is 4.42 Å². The van der Waals surface area contributed by atoms with Gasteiger partial charge in [-0.05, 0) is 19.1 Å². The van der Waals surface area contributed by atoms with Gasteiger partial charge in [0.15, 0.2) is 11.1 Å². The van der Waals surface area contributed by atoms with Crippen LogP contribution in [0.5, 0.6) is 0 Å². The number of oxazole rings is 1. The lowest BCUT2D eigenvalue weighted by Gasteiger charge is -2.35.